The molecule has 21 heavy (non-hydrogen) atoms. The van der Waals surface area contributed by atoms with Gasteiger partial charge < -0.3 is 11.1 Å². The largest absolute Gasteiger partial charge is 0.398 e. The van der Waals surface area contributed by atoms with Crippen LogP contribution in [0.25, 0.3) is 10.9 Å². The Labute approximate surface area is 122 Å². The van der Waals surface area contributed by atoms with Crippen LogP contribution in [0, 0.1) is 11.3 Å². The van der Waals surface area contributed by atoms with Crippen LogP contribution in [0.4, 0.5) is 17.1 Å². The molecule has 2 aromatic carbocycles. The molecule has 0 bridgehead atoms. The zero-order valence-corrected chi connectivity index (χ0v) is 11.4. The molecule has 0 radical (unpaired) electrons. The van der Waals surface area contributed by atoms with E-state index in [1.165, 1.54) is 0 Å². The molecule has 0 saturated carbocycles. The molecule has 4 heteroatoms. The van der Waals surface area contributed by atoms with Crippen LogP contribution in [0.15, 0.2) is 54.7 Å². The average Bonchev–Trinajstić information content (AvgIpc) is 2.51. The number of nitrogens with one attached hydrogen (secondary N) is 1. The molecule has 0 aliphatic carbocycles. The van der Waals surface area contributed by atoms with Crippen LogP contribution in [0.3, 0.4) is 0 Å². The van der Waals surface area contributed by atoms with Crippen LogP contribution >= 0.6 is 0 Å². The minimum absolute atomic E-state index is 0.304. The second kappa shape index (κ2) is 5.51. The van der Waals surface area contributed by atoms with E-state index in [0.29, 0.717) is 12.1 Å². The first-order valence-corrected chi connectivity index (χ1v) is 6.64. The third kappa shape index (κ3) is 2.63. The van der Waals surface area contributed by atoms with E-state index in [9.17, 15) is 0 Å². The van der Waals surface area contributed by atoms with Crippen LogP contribution < -0.4 is 11.1 Å². The van der Waals surface area contributed by atoms with Crippen molar-refractivity contribution < 1.29 is 0 Å². The van der Waals surface area contributed by atoms with E-state index in [0.717, 1.165) is 27.8 Å². The third-order valence-corrected chi connectivity index (χ3v) is 3.34. The Bertz CT molecular complexity index is 828. The lowest BCUT2D eigenvalue weighted by Gasteiger charge is -2.11. The van der Waals surface area contributed by atoms with Gasteiger partial charge in [-0.1, -0.05) is 6.07 Å². The number of pyridine rings is 1. The number of benzene rings is 2. The van der Waals surface area contributed by atoms with Crippen molar-refractivity contribution in [3.05, 3.63) is 60.3 Å². The second-order valence-electron chi connectivity index (χ2n) is 4.75. The van der Waals surface area contributed by atoms with E-state index in [-0.39, 0.29) is 0 Å². The van der Waals surface area contributed by atoms with Crippen molar-refractivity contribution in [1.29, 1.82) is 5.26 Å². The summed E-state index contributed by atoms with van der Waals surface area (Å²) in [6.45, 7) is 0. The van der Waals surface area contributed by atoms with Gasteiger partial charge in [0.1, 0.15) is 0 Å². The molecule has 3 aromatic rings. The van der Waals surface area contributed by atoms with Gasteiger partial charge in [0.15, 0.2) is 0 Å². The highest BCUT2D eigenvalue weighted by Crippen LogP contribution is 2.27. The van der Waals surface area contributed by atoms with Gasteiger partial charge in [0, 0.05) is 28.6 Å². The van der Waals surface area contributed by atoms with Crippen molar-refractivity contribution in [1.82, 2.24) is 4.98 Å². The summed E-state index contributed by atoms with van der Waals surface area (Å²) >= 11 is 0. The smallest absolute Gasteiger partial charge is 0.0722 e. The number of rotatable bonds is 3. The number of fused-ring (bicyclic) bond motifs is 1. The zero-order chi connectivity index (χ0) is 14.7. The first kappa shape index (κ1) is 12.9. The van der Waals surface area contributed by atoms with Crippen molar-refractivity contribution in [2.24, 2.45) is 0 Å². The van der Waals surface area contributed by atoms with Gasteiger partial charge in [0.2, 0.25) is 0 Å². The fraction of sp³-hybridized carbons (Fsp3) is 0.0588. The third-order valence-electron chi connectivity index (χ3n) is 3.34. The van der Waals surface area contributed by atoms with Gasteiger partial charge in [-0.15, -0.1) is 0 Å². The summed E-state index contributed by atoms with van der Waals surface area (Å²) in [5, 5.41) is 13.3. The van der Waals surface area contributed by atoms with Gasteiger partial charge >= 0.3 is 0 Å². The number of aromatic nitrogens is 1. The first-order chi connectivity index (χ1) is 10.3. The number of nitrogens with zero attached hydrogens (tertiary/aromatic N) is 2. The van der Waals surface area contributed by atoms with Crippen LogP contribution in [-0.4, -0.2) is 4.98 Å². The topological polar surface area (TPSA) is 74.7 Å². The molecule has 1 aromatic heterocycles. The standard InChI is InChI=1S/C17H14N4/c18-9-8-12-11-13(6-7-15(12)19)21-17-5-1-4-16-14(17)3-2-10-20-16/h1-7,10-11,21H,8,19H2. The Morgan fingerprint density at radius 2 is 2.05 bits per heavy atom. The number of hydrogen-bond acceptors (Lipinski definition) is 4. The van der Waals surface area contributed by atoms with E-state index in [1.807, 2.05) is 48.5 Å². The molecule has 102 valence electrons. The quantitative estimate of drug-likeness (QED) is 0.715. The van der Waals surface area contributed by atoms with Crippen LogP contribution in [0.1, 0.15) is 5.56 Å². The van der Waals surface area contributed by atoms with E-state index < -0.39 is 0 Å². The Morgan fingerprint density at radius 3 is 2.90 bits per heavy atom. The predicted octanol–water partition coefficient (Wildman–Crippen LogP) is 3.63. The molecule has 0 unspecified atom stereocenters. The lowest BCUT2D eigenvalue weighted by Crippen LogP contribution is -1.97. The lowest BCUT2D eigenvalue weighted by atomic mass is 10.1. The molecule has 0 aliphatic heterocycles. The molecule has 0 aliphatic rings. The minimum Gasteiger partial charge on any atom is -0.398 e. The maximum Gasteiger partial charge on any atom is 0.0722 e. The maximum absolute atomic E-state index is 8.83. The molecular formula is C17H14N4. The van der Waals surface area contributed by atoms with Crippen LogP contribution in [-0.2, 0) is 6.42 Å². The minimum atomic E-state index is 0.304. The highest BCUT2D eigenvalue weighted by atomic mass is 14.9. The summed E-state index contributed by atoms with van der Waals surface area (Å²) in [5.74, 6) is 0. The molecule has 0 spiro atoms. The monoisotopic (exact) mass is 274 g/mol. The average molecular weight is 274 g/mol. The lowest BCUT2D eigenvalue weighted by molar-refractivity contribution is 1.27. The molecule has 0 fully saturated rings. The summed E-state index contributed by atoms with van der Waals surface area (Å²) in [7, 11) is 0. The summed E-state index contributed by atoms with van der Waals surface area (Å²) in [6.07, 6.45) is 2.08. The Kier molecular flexibility index (Phi) is 3.40. The number of anilines is 3. The van der Waals surface area contributed by atoms with Crippen molar-refractivity contribution >= 4 is 28.0 Å². The van der Waals surface area contributed by atoms with Crippen LogP contribution in [0.2, 0.25) is 0 Å². The van der Waals surface area contributed by atoms with Crippen molar-refractivity contribution in [3.8, 4) is 6.07 Å². The van der Waals surface area contributed by atoms with Crippen molar-refractivity contribution in [2.75, 3.05) is 11.1 Å². The number of nitrogen functional groups attached to an aromatic ring is 1. The molecule has 0 saturated heterocycles. The molecule has 4 nitrogen and oxygen atoms in total. The fourth-order valence-corrected chi connectivity index (χ4v) is 2.29. The second-order valence-corrected chi connectivity index (χ2v) is 4.75. The molecule has 3 rings (SSSR count). The summed E-state index contributed by atoms with van der Waals surface area (Å²) < 4.78 is 0. The van der Waals surface area contributed by atoms with E-state index in [2.05, 4.69) is 16.4 Å². The highest BCUT2D eigenvalue weighted by Gasteiger charge is 2.04. The summed E-state index contributed by atoms with van der Waals surface area (Å²) in [4.78, 5) is 4.34. The molecule has 0 amide bonds. The molecular weight excluding hydrogens is 260 g/mol. The molecule has 1 heterocycles. The van der Waals surface area contributed by atoms with Gasteiger partial charge in [-0.3, -0.25) is 4.98 Å². The molecule has 0 atom stereocenters. The van der Waals surface area contributed by atoms with E-state index >= 15 is 0 Å². The van der Waals surface area contributed by atoms with Crippen LogP contribution in [0.5, 0.6) is 0 Å². The zero-order valence-electron chi connectivity index (χ0n) is 11.4. The first-order valence-electron chi connectivity index (χ1n) is 6.64. The van der Waals surface area contributed by atoms with Gasteiger partial charge in [-0.05, 0) is 48.0 Å². The van der Waals surface area contributed by atoms with Gasteiger partial charge in [0.25, 0.3) is 0 Å². The Morgan fingerprint density at radius 1 is 1.14 bits per heavy atom. The summed E-state index contributed by atoms with van der Waals surface area (Å²) in [6, 6.07) is 17.6. The highest BCUT2D eigenvalue weighted by molar-refractivity contribution is 5.93. The van der Waals surface area contributed by atoms with Gasteiger partial charge in [-0.2, -0.15) is 5.26 Å². The molecule has 3 N–H and O–H groups in total. The van der Waals surface area contributed by atoms with Gasteiger partial charge in [0.05, 0.1) is 18.0 Å². The SMILES string of the molecule is N#CCc1cc(Nc2cccc3ncccc23)ccc1N. The van der Waals surface area contributed by atoms with Crippen molar-refractivity contribution in [3.63, 3.8) is 0 Å². The van der Waals surface area contributed by atoms with E-state index in [1.54, 1.807) is 6.20 Å². The Hall–Kier alpha value is -3.06. The fourth-order valence-electron chi connectivity index (χ4n) is 2.29. The number of nitrogens with two attached hydrogens (primary N) is 1. The summed E-state index contributed by atoms with van der Waals surface area (Å²) in [5.41, 5.74) is 10.2. The number of hydrogen-bond donors (Lipinski definition) is 2. The van der Waals surface area contributed by atoms with E-state index in [4.69, 9.17) is 11.0 Å². The normalized spacial score (nSPS) is 10.2. The maximum atomic E-state index is 8.83. The number of nitriles is 1. The van der Waals surface area contributed by atoms with Gasteiger partial charge in [-0.25, -0.2) is 0 Å². The van der Waals surface area contributed by atoms with Crippen molar-refractivity contribution in [2.45, 2.75) is 6.42 Å². The predicted molar refractivity (Wildman–Crippen MR) is 85.2 cm³/mol. The Balaban J connectivity index is 1.99.